The van der Waals surface area contributed by atoms with Crippen molar-refractivity contribution in [3.05, 3.63) is 77.3 Å². The first-order valence-corrected chi connectivity index (χ1v) is 9.80. The average molecular weight is 394 g/mol. The highest BCUT2D eigenvalue weighted by Crippen LogP contribution is 2.42. The summed E-state index contributed by atoms with van der Waals surface area (Å²) in [7, 11) is 0. The van der Waals surface area contributed by atoms with Gasteiger partial charge in [0.15, 0.2) is 5.13 Å². The van der Waals surface area contributed by atoms with Crippen LogP contribution < -0.4 is 10.1 Å². The van der Waals surface area contributed by atoms with E-state index >= 15 is 0 Å². The Bertz CT molecular complexity index is 936. The summed E-state index contributed by atoms with van der Waals surface area (Å²) in [6.45, 7) is 5.22. The first-order valence-electron chi connectivity index (χ1n) is 8.92. The van der Waals surface area contributed by atoms with Gasteiger partial charge in [-0.15, -0.1) is 11.3 Å². The van der Waals surface area contributed by atoms with Gasteiger partial charge in [-0.05, 0) is 23.3 Å². The highest BCUT2D eigenvalue weighted by molar-refractivity contribution is 7.13. The summed E-state index contributed by atoms with van der Waals surface area (Å²) in [6.07, 6.45) is 1.66. The lowest BCUT2D eigenvalue weighted by molar-refractivity contribution is -0.131. The van der Waals surface area contributed by atoms with Crippen LogP contribution in [-0.4, -0.2) is 16.9 Å². The van der Waals surface area contributed by atoms with Gasteiger partial charge >= 0.3 is 5.97 Å². The van der Waals surface area contributed by atoms with Gasteiger partial charge in [-0.1, -0.05) is 56.3 Å². The van der Waals surface area contributed by atoms with E-state index in [4.69, 9.17) is 4.74 Å². The van der Waals surface area contributed by atoms with Gasteiger partial charge in [0, 0.05) is 24.4 Å². The largest absolute Gasteiger partial charge is 0.427 e. The van der Waals surface area contributed by atoms with Crippen molar-refractivity contribution in [3.63, 3.8) is 0 Å². The monoisotopic (exact) mass is 394 g/mol. The van der Waals surface area contributed by atoms with Crippen LogP contribution in [0.4, 0.5) is 5.13 Å². The molecule has 6 heteroatoms. The van der Waals surface area contributed by atoms with E-state index in [0.717, 1.165) is 11.1 Å². The van der Waals surface area contributed by atoms with Gasteiger partial charge < -0.3 is 10.1 Å². The third-order valence-electron chi connectivity index (χ3n) is 4.57. The number of carbonyl (C=O) groups excluding carboxylic acids is 2. The highest BCUT2D eigenvalue weighted by Gasteiger charge is 2.39. The molecular weight excluding hydrogens is 372 g/mol. The molecule has 144 valence electrons. The number of thiazole rings is 1. The lowest BCUT2D eigenvalue weighted by Gasteiger charge is -2.33. The number of aromatic nitrogens is 1. The van der Waals surface area contributed by atoms with Crippen LogP contribution in [0, 0.1) is 5.41 Å². The zero-order valence-corrected chi connectivity index (χ0v) is 16.8. The number of rotatable bonds is 6. The lowest BCUT2D eigenvalue weighted by Crippen LogP contribution is -2.37. The number of carbonyl (C=O) groups is 2. The number of esters is 1. The predicted octanol–water partition coefficient (Wildman–Crippen LogP) is 4.87. The number of benzene rings is 2. The summed E-state index contributed by atoms with van der Waals surface area (Å²) in [5.41, 5.74) is 1.24. The molecule has 0 radical (unpaired) electrons. The molecule has 0 spiro atoms. The molecule has 0 saturated heterocycles. The SMILES string of the molecule is CC(=O)Oc1ccc([C@H](c2ccccc2)C(C)(C)C(=O)Nc2nccs2)cc1. The molecule has 3 aromatic rings. The van der Waals surface area contributed by atoms with E-state index in [9.17, 15) is 9.59 Å². The fourth-order valence-corrected chi connectivity index (χ4v) is 3.76. The molecule has 5 nitrogen and oxygen atoms in total. The van der Waals surface area contributed by atoms with Crippen molar-refractivity contribution < 1.29 is 14.3 Å². The standard InChI is InChI=1S/C22H22N2O3S/c1-15(25)27-18-11-9-17(10-12-18)19(16-7-5-4-6-8-16)22(2,3)20(26)24-21-23-13-14-28-21/h4-14,19H,1-3H3,(H,23,24,26)/t19-/m0/s1. The Morgan fingerprint density at radius 1 is 1.04 bits per heavy atom. The van der Waals surface area contributed by atoms with Crippen molar-refractivity contribution in [3.8, 4) is 5.75 Å². The second kappa shape index (κ2) is 8.35. The molecule has 1 amide bonds. The molecule has 2 aromatic carbocycles. The van der Waals surface area contributed by atoms with Crippen LogP contribution in [0.3, 0.4) is 0 Å². The quantitative estimate of drug-likeness (QED) is 0.479. The van der Waals surface area contributed by atoms with E-state index < -0.39 is 5.41 Å². The minimum Gasteiger partial charge on any atom is -0.427 e. The van der Waals surface area contributed by atoms with Gasteiger partial charge in [0.25, 0.3) is 0 Å². The molecular formula is C22H22N2O3S. The molecule has 0 aliphatic carbocycles. The molecule has 1 heterocycles. The Balaban J connectivity index is 1.97. The highest BCUT2D eigenvalue weighted by atomic mass is 32.1. The number of hydrogen-bond acceptors (Lipinski definition) is 5. The van der Waals surface area contributed by atoms with Crippen LogP contribution in [-0.2, 0) is 9.59 Å². The molecule has 0 bridgehead atoms. The van der Waals surface area contributed by atoms with E-state index in [2.05, 4.69) is 10.3 Å². The number of nitrogens with zero attached hydrogens (tertiary/aromatic N) is 1. The van der Waals surface area contributed by atoms with E-state index in [0.29, 0.717) is 10.9 Å². The molecule has 3 rings (SSSR count). The summed E-state index contributed by atoms with van der Waals surface area (Å²) in [5, 5.41) is 5.32. The van der Waals surface area contributed by atoms with Gasteiger partial charge in [-0.25, -0.2) is 4.98 Å². The van der Waals surface area contributed by atoms with Crippen LogP contribution in [0.25, 0.3) is 0 Å². The fourth-order valence-electron chi connectivity index (χ4n) is 3.24. The average Bonchev–Trinajstić information content (AvgIpc) is 3.17. The smallest absolute Gasteiger partial charge is 0.308 e. The summed E-state index contributed by atoms with van der Waals surface area (Å²) >= 11 is 1.39. The first-order chi connectivity index (χ1) is 13.4. The molecule has 1 atom stereocenters. The Morgan fingerprint density at radius 3 is 2.25 bits per heavy atom. The van der Waals surface area contributed by atoms with Crippen molar-refractivity contribution in [2.45, 2.75) is 26.7 Å². The molecule has 0 aliphatic heterocycles. The zero-order valence-electron chi connectivity index (χ0n) is 16.0. The molecule has 28 heavy (non-hydrogen) atoms. The Morgan fingerprint density at radius 2 is 1.68 bits per heavy atom. The maximum absolute atomic E-state index is 13.1. The predicted molar refractivity (Wildman–Crippen MR) is 111 cm³/mol. The van der Waals surface area contributed by atoms with Crippen LogP contribution in [0.1, 0.15) is 37.8 Å². The number of nitrogens with one attached hydrogen (secondary N) is 1. The maximum Gasteiger partial charge on any atom is 0.308 e. The number of ether oxygens (including phenoxy) is 1. The van der Waals surface area contributed by atoms with Crippen LogP contribution in [0.15, 0.2) is 66.2 Å². The fraction of sp³-hybridized carbons (Fsp3) is 0.227. The van der Waals surface area contributed by atoms with Gasteiger partial charge in [-0.2, -0.15) is 0 Å². The summed E-state index contributed by atoms with van der Waals surface area (Å²) in [6, 6.07) is 17.2. The summed E-state index contributed by atoms with van der Waals surface area (Å²) < 4.78 is 5.13. The van der Waals surface area contributed by atoms with Crippen molar-refractivity contribution >= 4 is 28.3 Å². The number of amides is 1. The number of hydrogen-bond donors (Lipinski definition) is 1. The van der Waals surface area contributed by atoms with E-state index in [1.165, 1.54) is 18.3 Å². The van der Waals surface area contributed by atoms with Gasteiger partial charge in [0.05, 0.1) is 5.41 Å². The lowest BCUT2D eigenvalue weighted by atomic mass is 9.70. The Kier molecular flexibility index (Phi) is 5.90. The third-order valence-corrected chi connectivity index (χ3v) is 5.26. The molecule has 0 saturated carbocycles. The second-order valence-corrected chi connectivity index (χ2v) is 7.91. The second-order valence-electron chi connectivity index (χ2n) is 7.02. The van der Waals surface area contributed by atoms with Crippen molar-refractivity contribution in [2.24, 2.45) is 5.41 Å². The summed E-state index contributed by atoms with van der Waals surface area (Å²) in [4.78, 5) is 28.4. The normalized spacial score (nSPS) is 12.2. The molecule has 0 unspecified atom stereocenters. The van der Waals surface area contributed by atoms with E-state index in [1.54, 1.807) is 18.3 Å². The summed E-state index contributed by atoms with van der Waals surface area (Å²) in [5.74, 6) is -0.191. The van der Waals surface area contributed by atoms with Crippen molar-refractivity contribution in [1.29, 1.82) is 0 Å². The van der Waals surface area contributed by atoms with E-state index in [-0.39, 0.29) is 17.8 Å². The zero-order chi connectivity index (χ0) is 20.1. The Hall–Kier alpha value is -2.99. The minimum absolute atomic E-state index is 0.111. The van der Waals surface area contributed by atoms with Gasteiger partial charge in [-0.3, -0.25) is 9.59 Å². The molecule has 0 aliphatic rings. The minimum atomic E-state index is -0.754. The van der Waals surface area contributed by atoms with Gasteiger partial charge in [0.2, 0.25) is 5.91 Å². The molecule has 1 N–H and O–H groups in total. The third kappa shape index (κ3) is 4.46. The molecule has 1 aromatic heterocycles. The van der Waals surface area contributed by atoms with Crippen LogP contribution >= 0.6 is 11.3 Å². The molecule has 0 fully saturated rings. The number of anilines is 1. The van der Waals surface area contributed by atoms with E-state index in [1.807, 2.05) is 61.7 Å². The van der Waals surface area contributed by atoms with Crippen LogP contribution in [0.5, 0.6) is 5.75 Å². The van der Waals surface area contributed by atoms with Crippen molar-refractivity contribution in [2.75, 3.05) is 5.32 Å². The van der Waals surface area contributed by atoms with Crippen molar-refractivity contribution in [1.82, 2.24) is 4.98 Å². The maximum atomic E-state index is 13.1. The topological polar surface area (TPSA) is 68.3 Å². The Labute approximate surface area is 168 Å². The first kappa shape index (κ1) is 19.8. The van der Waals surface area contributed by atoms with Gasteiger partial charge in [0.1, 0.15) is 5.75 Å². The van der Waals surface area contributed by atoms with Crippen LogP contribution in [0.2, 0.25) is 0 Å².